The Kier molecular flexibility index (Phi) is 3.72. The Morgan fingerprint density at radius 3 is 2.80 bits per heavy atom. The van der Waals surface area contributed by atoms with E-state index in [1.165, 1.54) is 16.0 Å². The molecule has 20 heavy (non-hydrogen) atoms. The SMILES string of the molecule is COc1ccc(C)cc1C(N)C1Cc2ccccc2S1. The molecule has 0 bridgehead atoms. The molecular formula is C17H19NOS. The van der Waals surface area contributed by atoms with Gasteiger partial charge in [-0.2, -0.15) is 0 Å². The Balaban J connectivity index is 1.88. The van der Waals surface area contributed by atoms with E-state index in [9.17, 15) is 0 Å². The molecule has 0 radical (unpaired) electrons. The Labute approximate surface area is 124 Å². The highest BCUT2D eigenvalue weighted by molar-refractivity contribution is 8.00. The third-order valence-corrected chi connectivity index (χ3v) is 5.23. The summed E-state index contributed by atoms with van der Waals surface area (Å²) < 4.78 is 5.47. The van der Waals surface area contributed by atoms with Crippen LogP contribution in [0.15, 0.2) is 47.4 Å². The summed E-state index contributed by atoms with van der Waals surface area (Å²) in [6.45, 7) is 2.09. The van der Waals surface area contributed by atoms with E-state index in [0.29, 0.717) is 5.25 Å². The van der Waals surface area contributed by atoms with E-state index in [4.69, 9.17) is 10.5 Å². The van der Waals surface area contributed by atoms with Crippen LogP contribution in [0.25, 0.3) is 0 Å². The topological polar surface area (TPSA) is 35.2 Å². The summed E-state index contributed by atoms with van der Waals surface area (Å²) in [6, 6.07) is 14.8. The number of ether oxygens (including phenoxy) is 1. The van der Waals surface area contributed by atoms with Crippen LogP contribution in [0.2, 0.25) is 0 Å². The van der Waals surface area contributed by atoms with Gasteiger partial charge in [-0.25, -0.2) is 0 Å². The predicted molar refractivity (Wildman–Crippen MR) is 84.5 cm³/mol. The highest BCUT2D eigenvalue weighted by Crippen LogP contribution is 2.43. The molecule has 0 saturated carbocycles. The molecule has 0 spiro atoms. The zero-order valence-electron chi connectivity index (χ0n) is 11.8. The van der Waals surface area contributed by atoms with Crippen LogP contribution in [-0.4, -0.2) is 12.4 Å². The van der Waals surface area contributed by atoms with Crippen LogP contribution < -0.4 is 10.5 Å². The number of rotatable bonds is 3. The minimum absolute atomic E-state index is 0.0118. The fraction of sp³-hybridized carbons (Fsp3) is 0.294. The second-order valence-electron chi connectivity index (χ2n) is 5.24. The first-order valence-corrected chi connectivity index (χ1v) is 7.71. The second kappa shape index (κ2) is 5.51. The first-order valence-electron chi connectivity index (χ1n) is 6.83. The third-order valence-electron chi connectivity index (χ3n) is 3.82. The number of aryl methyl sites for hydroxylation is 1. The van der Waals surface area contributed by atoms with Crippen molar-refractivity contribution in [2.24, 2.45) is 5.73 Å². The van der Waals surface area contributed by atoms with Gasteiger partial charge < -0.3 is 10.5 Å². The van der Waals surface area contributed by atoms with Crippen molar-refractivity contribution in [3.05, 3.63) is 59.2 Å². The summed E-state index contributed by atoms with van der Waals surface area (Å²) in [5, 5.41) is 0.378. The van der Waals surface area contributed by atoms with Gasteiger partial charge in [0.15, 0.2) is 0 Å². The van der Waals surface area contributed by atoms with Gasteiger partial charge in [0.1, 0.15) is 5.75 Å². The molecule has 1 heterocycles. The molecule has 0 aliphatic carbocycles. The van der Waals surface area contributed by atoms with Gasteiger partial charge >= 0.3 is 0 Å². The lowest BCUT2D eigenvalue weighted by Gasteiger charge is -2.21. The maximum absolute atomic E-state index is 6.52. The van der Waals surface area contributed by atoms with Gasteiger partial charge in [0.2, 0.25) is 0 Å². The number of methoxy groups -OCH3 is 1. The van der Waals surface area contributed by atoms with Gasteiger partial charge in [0, 0.05) is 21.8 Å². The van der Waals surface area contributed by atoms with Gasteiger partial charge in [-0.3, -0.25) is 0 Å². The van der Waals surface area contributed by atoms with Crippen LogP contribution in [0.5, 0.6) is 5.75 Å². The van der Waals surface area contributed by atoms with Crippen molar-refractivity contribution in [3.8, 4) is 5.75 Å². The molecule has 2 N–H and O–H groups in total. The van der Waals surface area contributed by atoms with Crippen LogP contribution >= 0.6 is 11.8 Å². The first-order chi connectivity index (χ1) is 9.69. The molecule has 0 saturated heterocycles. The lowest BCUT2D eigenvalue weighted by Crippen LogP contribution is -2.24. The number of thioether (sulfide) groups is 1. The average Bonchev–Trinajstić information content (AvgIpc) is 2.90. The van der Waals surface area contributed by atoms with E-state index in [1.807, 2.05) is 17.8 Å². The predicted octanol–water partition coefficient (Wildman–Crippen LogP) is 3.72. The zero-order chi connectivity index (χ0) is 14.1. The normalized spacial score (nSPS) is 18.6. The fourth-order valence-corrected chi connectivity index (χ4v) is 4.07. The molecule has 3 rings (SSSR count). The van der Waals surface area contributed by atoms with Crippen LogP contribution in [-0.2, 0) is 6.42 Å². The summed E-state index contributed by atoms with van der Waals surface area (Å²) in [6.07, 6.45) is 1.03. The number of hydrogen-bond donors (Lipinski definition) is 1. The molecule has 2 unspecified atom stereocenters. The molecule has 3 heteroatoms. The van der Waals surface area contributed by atoms with E-state index in [1.54, 1.807) is 7.11 Å². The molecule has 0 fully saturated rings. The summed E-state index contributed by atoms with van der Waals surface area (Å²) in [5.74, 6) is 0.889. The number of nitrogens with two attached hydrogens (primary N) is 1. The van der Waals surface area contributed by atoms with Crippen molar-refractivity contribution in [2.75, 3.05) is 7.11 Å². The molecule has 0 amide bonds. The van der Waals surface area contributed by atoms with E-state index >= 15 is 0 Å². The van der Waals surface area contributed by atoms with E-state index in [-0.39, 0.29) is 6.04 Å². The van der Waals surface area contributed by atoms with E-state index in [0.717, 1.165) is 17.7 Å². The molecule has 2 nitrogen and oxygen atoms in total. The molecule has 2 aromatic rings. The minimum atomic E-state index is -0.0118. The van der Waals surface area contributed by atoms with Crippen LogP contribution in [0.4, 0.5) is 0 Å². The number of fused-ring (bicyclic) bond motifs is 1. The molecule has 2 atom stereocenters. The first kappa shape index (κ1) is 13.5. The molecule has 1 aliphatic heterocycles. The van der Waals surface area contributed by atoms with Crippen molar-refractivity contribution in [1.29, 1.82) is 0 Å². The molecule has 0 aromatic heterocycles. The highest BCUT2D eigenvalue weighted by Gasteiger charge is 2.29. The van der Waals surface area contributed by atoms with Crippen molar-refractivity contribution < 1.29 is 4.74 Å². The molecule has 1 aliphatic rings. The quantitative estimate of drug-likeness (QED) is 0.933. The standard InChI is InChI=1S/C17H19NOS/c1-11-7-8-14(19-2)13(9-11)17(18)16-10-12-5-3-4-6-15(12)20-16/h3-9,16-17H,10,18H2,1-2H3. The maximum Gasteiger partial charge on any atom is 0.123 e. The Morgan fingerprint density at radius 1 is 1.25 bits per heavy atom. The largest absolute Gasteiger partial charge is 0.496 e. The van der Waals surface area contributed by atoms with Gasteiger partial charge in [-0.05, 0) is 31.0 Å². The summed E-state index contributed by atoms with van der Waals surface area (Å²) >= 11 is 1.88. The summed E-state index contributed by atoms with van der Waals surface area (Å²) in [7, 11) is 1.71. The van der Waals surface area contributed by atoms with Crippen LogP contribution in [0, 0.1) is 6.92 Å². The highest BCUT2D eigenvalue weighted by atomic mass is 32.2. The van der Waals surface area contributed by atoms with Crippen molar-refractivity contribution >= 4 is 11.8 Å². The number of hydrogen-bond acceptors (Lipinski definition) is 3. The summed E-state index contributed by atoms with van der Waals surface area (Å²) in [5.41, 5.74) is 10.3. The summed E-state index contributed by atoms with van der Waals surface area (Å²) in [4.78, 5) is 1.36. The van der Waals surface area contributed by atoms with Gasteiger partial charge in [-0.15, -0.1) is 11.8 Å². The second-order valence-corrected chi connectivity index (χ2v) is 6.52. The minimum Gasteiger partial charge on any atom is -0.496 e. The van der Waals surface area contributed by atoms with Crippen LogP contribution in [0.1, 0.15) is 22.7 Å². The lowest BCUT2D eigenvalue weighted by atomic mass is 9.97. The maximum atomic E-state index is 6.52. The average molecular weight is 285 g/mol. The van der Waals surface area contributed by atoms with Gasteiger partial charge in [-0.1, -0.05) is 35.9 Å². The molecule has 2 aromatic carbocycles. The fourth-order valence-electron chi connectivity index (χ4n) is 2.72. The van der Waals surface area contributed by atoms with Gasteiger partial charge in [0.05, 0.1) is 7.11 Å². The smallest absolute Gasteiger partial charge is 0.123 e. The van der Waals surface area contributed by atoms with Crippen molar-refractivity contribution in [1.82, 2.24) is 0 Å². The Bertz CT molecular complexity index is 601. The van der Waals surface area contributed by atoms with E-state index in [2.05, 4.69) is 43.3 Å². The zero-order valence-corrected chi connectivity index (χ0v) is 12.6. The van der Waals surface area contributed by atoms with Crippen molar-refractivity contribution in [2.45, 2.75) is 29.5 Å². The van der Waals surface area contributed by atoms with Crippen molar-refractivity contribution in [3.63, 3.8) is 0 Å². The molecule has 104 valence electrons. The van der Waals surface area contributed by atoms with E-state index < -0.39 is 0 Å². The number of benzene rings is 2. The molecular weight excluding hydrogens is 266 g/mol. The van der Waals surface area contributed by atoms with Gasteiger partial charge in [0.25, 0.3) is 0 Å². The lowest BCUT2D eigenvalue weighted by molar-refractivity contribution is 0.405. The Hall–Kier alpha value is -1.45. The monoisotopic (exact) mass is 285 g/mol. The van der Waals surface area contributed by atoms with Crippen LogP contribution in [0.3, 0.4) is 0 Å². The Morgan fingerprint density at radius 2 is 2.05 bits per heavy atom. The third kappa shape index (κ3) is 2.43.